The molecule has 0 bridgehead atoms. The van der Waals surface area contributed by atoms with E-state index in [4.69, 9.17) is 0 Å². The van der Waals surface area contributed by atoms with Crippen LogP contribution >= 0.6 is 0 Å². The van der Waals surface area contributed by atoms with Crippen molar-refractivity contribution >= 4 is 17.6 Å². The first-order valence-corrected chi connectivity index (χ1v) is 10.1. The number of carbonyl (C=O) groups excluding carboxylic acids is 2. The van der Waals surface area contributed by atoms with E-state index in [9.17, 15) is 9.59 Å². The second-order valence-electron chi connectivity index (χ2n) is 8.84. The van der Waals surface area contributed by atoms with Gasteiger partial charge in [-0.15, -0.1) is 0 Å². The summed E-state index contributed by atoms with van der Waals surface area (Å²) in [6.45, 7) is 11.3. The monoisotopic (exact) mass is 375 g/mol. The molecule has 7 heteroatoms. The maximum atomic E-state index is 12.8. The van der Waals surface area contributed by atoms with Gasteiger partial charge in [-0.1, -0.05) is 20.8 Å². The second kappa shape index (κ2) is 8.00. The molecule has 7 nitrogen and oxygen atoms in total. The summed E-state index contributed by atoms with van der Waals surface area (Å²) in [6.07, 6.45) is 5.84. The zero-order chi connectivity index (χ0) is 19.6. The van der Waals surface area contributed by atoms with Crippen LogP contribution in [0.3, 0.4) is 0 Å². The van der Waals surface area contributed by atoms with Crippen molar-refractivity contribution in [1.82, 2.24) is 19.6 Å². The molecule has 0 radical (unpaired) electrons. The van der Waals surface area contributed by atoms with E-state index in [2.05, 4.69) is 15.3 Å². The highest BCUT2D eigenvalue weighted by atomic mass is 16.2. The van der Waals surface area contributed by atoms with Crippen LogP contribution < -0.4 is 5.32 Å². The van der Waals surface area contributed by atoms with Crippen LogP contribution in [0.5, 0.6) is 0 Å². The number of nitrogens with zero attached hydrogens (tertiary/aromatic N) is 4. The highest BCUT2D eigenvalue weighted by Gasteiger charge is 2.31. The molecular formula is C20H33N5O2. The molecule has 2 saturated heterocycles. The minimum atomic E-state index is -0.448. The van der Waals surface area contributed by atoms with Gasteiger partial charge in [0, 0.05) is 24.6 Å². The van der Waals surface area contributed by atoms with E-state index in [0.717, 1.165) is 44.8 Å². The van der Waals surface area contributed by atoms with Crippen molar-refractivity contribution in [3.8, 4) is 0 Å². The summed E-state index contributed by atoms with van der Waals surface area (Å²) in [7, 11) is 0. The summed E-state index contributed by atoms with van der Waals surface area (Å²) in [6, 6.07) is 2.04. The molecule has 27 heavy (non-hydrogen) atoms. The molecular weight excluding hydrogens is 342 g/mol. The van der Waals surface area contributed by atoms with Crippen molar-refractivity contribution in [2.24, 2.45) is 5.41 Å². The van der Waals surface area contributed by atoms with Crippen molar-refractivity contribution < 1.29 is 9.59 Å². The normalized spacial score (nSPS) is 20.7. The molecule has 3 rings (SSSR count). The van der Waals surface area contributed by atoms with Crippen LogP contribution in [0.25, 0.3) is 0 Å². The highest BCUT2D eigenvalue weighted by Crippen LogP contribution is 2.27. The summed E-state index contributed by atoms with van der Waals surface area (Å²) in [5.74, 6) is 0.971. The highest BCUT2D eigenvalue weighted by molar-refractivity contribution is 5.93. The number of hydrogen-bond acceptors (Lipinski definition) is 4. The number of rotatable bonds is 4. The molecule has 1 aromatic heterocycles. The smallest absolute Gasteiger partial charge is 0.239 e. The number of amides is 2. The van der Waals surface area contributed by atoms with E-state index in [-0.39, 0.29) is 23.9 Å². The number of nitrogens with one attached hydrogen (secondary N) is 1. The first kappa shape index (κ1) is 19.9. The summed E-state index contributed by atoms with van der Waals surface area (Å²) in [4.78, 5) is 29.4. The number of aromatic nitrogens is 2. The predicted octanol–water partition coefficient (Wildman–Crippen LogP) is 2.52. The fraction of sp³-hybridized carbons (Fsp3) is 0.750. The lowest BCUT2D eigenvalue weighted by Crippen LogP contribution is -2.49. The average molecular weight is 376 g/mol. The Labute approximate surface area is 162 Å². The zero-order valence-electron chi connectivity index (χ0n) is 17.1. The Morgan fingerprint density at radius 2 is 1.78 bits per heavy atom. The maximum absolute atomic E-state index is 12.8. The lowest BCUT2D eigenvalue weighted by Gasteiger charge is -2.36. The number of carbonyl (C=O) groups is 2. The van der Waals surface area contributed by atoms with Gasteiger partial charge < -0.3 is 10.2 Å². The van der Waals surface area contributed by atoms with Gasteiger partial charge >= 0.3 is 0 Å². The molecule has 0 saturated carbocycles. The number of likely N-dealkylation sites (tertiary alicyclic amines) is 2. The first-order chi connectivity index (χ1) is 12.8. The van der Waals surface area contributed by atoms with Crippen LogP contribution in [0.4, 0.5) is 5.82 Å². The largest absolute Gasteiger partial charge is 0.341 e. The number of anilines is 1. The molecule has 1 N–H and O–H groups in total. The third-order valence-electron chi connectivity index (χ3n) is 5.76. The minimum absolute atomic E-state index is 0.0173. The fourth-order valence-corrected chi connectivity index (χ4v) is 3.89. The van der Waals surface area contributed by atoms with Gasteiger partial charge in [0.15, 0.2) is 0 Å². The van der Waals surface area contributed by atoms with Gasteiger partial charge in [0.2, 0.25) is 11.8 Å². The predicted molar refractivity (Wildman–Crippen MR) is 105 cm³/mol. The van der Waals surface area contributed by atoms with Crippen LogP contribution in [0, 0.1) is 5.41 Å². The Morgan fingerprint density at radius 3 is 2.37 bits per heavy atom. The van der Waals surface area contributed by atoms with Crippen LogP contribution in [-0.4, -0.2) is 63.6 Å². The molecule has 1 aromatic rings. The average Bonchev–Trinajstić information content (AvgIpc) is 3.32. The van der Waals surface area contributed by atoms with Gasteiger partial charge in [0.05, 0.1) is 18.3 Å². The van der Waals surface area contributed by atoms with Crippen molar-refractivity contribution in [2.45, 2.75) is 65.5 Å². The summed E-state index contributed by atoms with van der Waals surface area (Å²) < 4.78 is 1.91. The lowest BCUT2D eigenvalue weighted by atomic mass is 9.96. The van der Waals surface area contributed by atoms with E-state index in [1.165, 1.54) is 12.8 Å². The molecule has 3 heterocycles. The first-order valence-electron chi connectivity index (χ1n) is 10.1. The van der Waals surface area contributed by atoms with Gasteiger partial charge in [-0.3, -0.25) is 14.5 Å². The van der Waals surface area contributed by atoms with Gasteiger partial charge in [-0.05, 0) is 45.7 Å². The third kappa shape index (κ3) is 4.51. The molecule has 150 valence electrons. The lowest BCUT2D eigenvalue weighted by molar-refractivity contribution is -0.137. The fourth-order valence-electron chi connectivity index (χ4n) is 3.89. The van der Waals surface area contributed by atoms with Crippen molar-refractivity contribution in [2.75, 3.05) is 31.5 Å². The Balaban J connectivity index is 1.57. The van der Waals surface area contributed by atoms with Gasteiger partial charge in [-0.2, -0.15) is 5.10 Å². The molecule has 2 amide bonds. The summed E-state index contributed by atoms with van der Waals surface area (Å²) in [5.41, 5.74) is -0.448. The Hall–Kier alpha value is -1.89. The van der Waals surface area contributed by atoms with E-state index in [0.29, 0.717) is 0 Å². The molecule has 2 fully saturated rings. The zero-order valence-corrected chi connectivity index (χ0v) is 17.1. The Morgan fingerprint density at radius 1 is 1.15 bits per heavy atom. The third-order valence-corrected chi connectivity index (χ3v) is 5.76. The van der Waals surface area contributed by atoms with Gasteiger partial charge in [0.25, 0.3) is 0 Å². The van der Waals surface area contributed by atoms with Crippen LogP contribution in [0.15, 0.2) is 12.3 Å². The Kier molecular flexibility index (Phi) is 5.89. The molecule has 0 aliphatic carbocycles. The Bertz CT molecular complexity index is 664. The maximum Gasteiger partial charge on any atom is 0.239 e. The molecule has 0 aromatic carbocycles. The van der Waals surface area contributed by atoms with Crippen molar-refractivity contribution in [3.63, 3.8) is 0 Å². The van der Waals surface area contributed by atoms with E-state index in [1.54, 1.807) is 6.20 Å². The second-order valence-corrected chi connectivity index (χ2v) is 8.84. The van der Waals surface area contributed by atoms with Crippen LogP contribution in [-0.2, 0) is 9.59 Å². The van der Waals surface area contributed by atoms with Gasteiger partial charge in [-0.25, -0.2) is 4.68 Å². The SMILES string of the molecule is C[C@H](C(=O)N1CCC(n2nccc2NC(=O)C(C)(C)C)CC1)N1CCCC1. The van der Waals surface area contributed by atoms with E-state index < -0.39 is 5.41 Å². The number of piperidine rings is 1. The standard InChI is InChI=1S/C20H33N5O2/c1-15(23-11-5-6-12-23)18(26)24-13-8-16(9-14-24)25-17(7-10-21-25)22-19(27)20(2,3)4/h7,10,15-16H,5-6,8-9,11-14H2,1-4H3,(H,22,27)/t15-/m1/s1. The number of hydrogen-bond donors (Lipinski definition) is 1. The van der Waals surface area contributed by atoms with Crippen molar-refractivity contribution in [3.05, 3.63) is 12.3 Å². The van der Waals surface area contributed by atoms with Crippen molar-refractivity contribution in [1.29, 1.82) is 0 Å². The quantitative estimate of drug-likeness (QED) is 0.878. The topological polar surface area (TPSA) is 70.5 Å². The molecule has 1 atom stereocenters. The summed E-state index contributed by atoms with van der Waals surface area (Å²) >= 11 is 0. The molecule has 0 spiro atoms. The van der Waals surface area contributed by atoms with Gasteiger partial charge in [0.1, 0.15) is 5.82 Å². The van der Waals surface area contributed by atoms with E-state index in [1.807, 2.05) is 43.3 Å². The molecule has 2 aliphatic heterocycles. The van der Waals surface area contributed by atoms with E-state index >= 15 is 0 Å². The van der Waals surface area contributed by atoms with Crippen LogP contribution in [0.2, 0.25) is 0 Å². The molecule has 0 unspecified atom stereocenters. The molecule has 2 aliphatic rings. The minimum Gasteiger partial charge on any atom is -0.341 e. The van der Waals surface area contributed by atoms with Crippen LogP contribution in [0.1, 0.15) is 59.4 Å². The summed E-state index contributed by atoms with van der Waals surface area (Å²) in [5, 5.41) is 7.42.